The van der Waals surface area contributed by atoms with Gasteiger partial charge in [0.25, 0.3) is 0 Å². The summed E-state index contributed by atoms with van der Waals surface area (Å²) in [6.07, 6.45) is 0. The topological polar surface area (TPSA) is 63.7 Å². The molecule has 0 fully saturated rings. The summed E-state index contributed by atoms with van der Waals surface area (Å²) < 4.78 is 31.1. The van der Waals surface area contributed by atoms with Gasteiger partial charge in [-0.3, -0.25) is 0 Å². The van der Waals surface area contributed by atoms with E-state index in [4.69, 9.17) is 16.3 Å². The van der Waals surface area contributed by atoms with Crippen molar-refractivity contribution in [3.63, 3.8) is 0 Å². The van der Waals surface area contributed by atoms with E-state index in [0.717, 1.165) is 4.31 Å². The second-order valence-corrected chi connectivity index (χ2v) is 8.51. The minimum absolute atomic E-state index is 0.00436. The largest absolute Gasteiger partial charge is 0.457 e. The standard InChI is InChI=1S/C16H15BrClNO4S/c1-19(2)24(21,22)12-7-8-14(17)13(9-12)16(20)23-10-11-5-3-4-6-15(11)18/h3-9H,10H2,1-2H3. The van der Waals surface area contributed by atoms with Gasteiger partial charge in [-0.25, -0.2) is 17.5 Å². The van der Waals surface area contributed by atoms with E-state index in [1.807, 2.05) is 0 Å². The molecule has 2 aromatic rings. The molecule has 0 heterocycles. The molecule has 2 aromatic carbocycles. The summed E-state index contributed by atoms with van der Waals surface area (Å²) >= 11 is 9.26. The first-order valence-electron chi connectivity index (χ1n) is 6.86. The Balaban J connectivity index is 2.25. The molecule has 0 unspecified atom stereocenters. The maximum atomic E-state index is 12.3. The Labute approximate surface area is 154 Å². The molecule has 0 saturated carbocycles. The molecule has 0 N–H and O–H groups in total. The Hall–Kier alpha value is -1.41. The number of carbonyl (C=O) groups is 1. The number of hydrogen-bond acceptors (Lipinski definition) is 4. The normalized spacial score (nSPS) is 11.5. The van der Waals surface area contributed by atoms with E-state index in [2.05, 4.69) is 15.9 Å². The highest BCUT2D eigenvalue weighted by atomic mass is 79.9. The Morgan fingerprint density at radius 1 is 1.21 bits per heavy atom. The molecule has 128 valence electrons. The monoisotopic (exact) mass is 431 g/mol. The van der Waals surface area contributed by atoms with Gasteiger partial charge in [-0.05, 0) is 40.2 Å². The first-order valence-corrected chi connectivity index (χ1v) is 9.47. The fourth-order valence-corrected chi connectivity index (χ4v) is 3.40. The predicted molar refractivity (Wildman–Crippen MR) is 95.6 cm³/mol. The number of sulfonamides is 1. The van der Waals surface area contributed by atoms with Crippen LogP contribution in [-0.4, -0.2) is 32.8 Å². The van der Waals surface area contributed by atoms with Gasteiger partial charge < -0.3 is 4.74 Å². The third kappa shape index (κ3) is 4.16. The van der Waals surface area contributed by atoms with Crippen LogP contribution < -0.4 is 0 Å². The molecule has 24 heavy (non-hydrogen) atoms. The minimum Gasteiger partial charge on any atom is -0.457 e. The van der Waals surface area contributed by atoms with Crippen molar-refractivity contribution in [1.82, 2.24) is 4.31 Å². The fourth-order valence-electron chi connectivity index (χ4n) is 1.87. The van der Waals surface area contributed by atoms with Crippen LogP contribution in [-0.2, 0) is 21.4 Å². The Morgan fingerprint density at radius 2 is 1.88 bits per heavy atom. The second-order valence-electron chi connectivity index (χ2n) is 5.10. The van der Waals surface area contributed by atoms with E-state index in [9.17, 15) is 13.2 Å². The number of carbonyl (C=O) groups excluding carboxylic acids is 1. The van der Waals surface area contributed by atoms with E-state index in [-0.39, 0.29) is 17.1 Å². The van der Waals surface area contributed by atoms with Crippen molar-refractivity contribution in [3.05, 3.63) is 63.1 Å². The molecule has 5 nitrogen and oxygen atoms in total. The minimum atomic E-state index is -3.64. The van der Waals surface area contributed by atoms with Gasteiger partial charge in [0, 0.05) is 29.2 Å². The van der Waals surface area contributed by atoms with Gasteiger partial charge in [0.05, 0.1) is 10.5 Å². The number of benzene rings is 2. The molecule has 0 aliphatic heterocycles. The number of halogens is 2. The molecule has 2 rings (SSSR count). The summed E-state index contributed by atoms with van der Waals surface area (Å²) in [5.41, 5.74) is 0.797. The zero-order valence-electron chi connectivity index (χ0n) is 13.0. The van der Waals surface area contributed by atoms with Crippen LogP contribution in [0.25, 0.3) is 0 Å². The lowest BCUT2D eigenvalue weighted by Crippen LogP contribution is -2.22. The molecular weight excluding hydrogens is 418 g/mol. The van der Waals surface area contributed by atoms with E-state index in [1.54, 1.807) is 24.3 Å². The van der Waals surface area contributed by atoms with Gasteiger partial charge >= 0.3 is 5.97 Å². The average Bonchev–Trinajstić information content (AvgIpc) is 2.54. The first-order chi connectivity index (χ1) is 11.2. The average molecular weight is 433 g/mol. The third-order valence-electron chi connectivity index (χ3n) is 3.25. The van der Waals surface area contributed by atoms with Crippen LogP contribution in [0.15, 0.2) is 51.8 Å². The SMILES string of the molecule is CN(C)S(=O)(=O)c1ccc(Br)c(C(=O)OCc2ccccc2Cl)c1. The van der Waals surface area contributed by atoms with Crippen LogP contribution in [0.3, 0.4) is 0 Å². The van der Waals surface area contributed by atoms with Gasteiger partial charge in [0.1, 0.15) is 6.61 Å². The predicted octanol–water partition coefficient (Wildman–Crippen LogP) is 3.71. The Morgan fingerprint density at radius 3 is 2.50 bits per heavy atom. The number of nitrogens with zero attached hydrogens (tertiary/aromatic N) is 1. The summed E-state index contributed by atoms with van der Waals surface area (Å²) in [5, 5.41) is 0.494. The Bertz CT molecular complexity index is 868. The van der Waals surface area contributed by atoms with Gasteiger partial charge in [-0.2, -0.15) is 0 Å². The fraction of sp³-hybridized carbons (Fsp3) is 0.188. The lowest BCUT2D eigenvalue weighted by Gasteiger charge is -2.13. The van der Waals surface area contributed by atoms with E-state index in [0.29, 0.717) is 15.1 Å². The van der Waals surface area contributed by atoms with Crippen molar-refractivity contribution < 1.29 is 17.9 Å². The zero-order chi connectivity index (χ0) is 17.9. The number of hydrogen-bond donors (Lipinski definition) is 0. The number of rotatable bonds is 5. The molecule has 0 amide bonds. The molecule has 0 radical (unpaired) electrons. The first kappa shape index (κ1) is 18.9. The van der Waals surface area contributed by atoms with E-state index >= 15 is 0 Å². The molecule has 0 atom stereocenters. The van der Waals surface area contributed by atoms with Crippen LogP contribution in [0.1, 0.15) is 15.9 Å². The molecule has 0 bridgehead atoms. The van der Waals surface area contributed by atoms with E-state index < -0.39 is 16.0 Å². The summed E-state index contributed by atoms with van der Waals surface area (Å²) in [6, 6.07) is 11.2. The lowest BCUT2D eigenvalue weighted by molar-refractivity contribution is 0.0471. The Kier molecular flexibility index (Phi) is 6.03. The third-order valence-corrected chi connectivity index (χ3v) is 6.12. The van der Waals surface area contributed by atoms with E-state index in [1.165, 1.54) is 32.3 Å². The molecular formula is C16H15BrClNO4S. The van der Waals surface area contributed by atoms with Crippen molar-refractivity contribution in [2.75, 3.05) is 14.1 Å². The van der Waals surface area contributed by atoms with Crippen molar-refractivity contribution in [3.8, 4) is 0 Å². The summed E-state index contributed by atoms with van der Waals surface area (Å²) in [4.78, 5) is 12.3. The van der Waals surface area contributed by atoms with Gasteiger partial charge in [-0.15, -0.1) is 0 Å². The van der Waals surface area contributed by atoms with Crippen molar-refractivity contribution >= 4 is 43.5 Å². The number of esters is 1. The highest BCUT2D eigenvalue weighted by Crippen LogP contribution is 2.24. The lowest BCUT2D eigenvalue weighted by atomic mass is 10.2. The maximum absolute atomic E-state index is 12.3. The van der Waals surface area contributed by atoms with Crippen LogP contribution >= 0.6 is 27.5 Å². The highest BCUT2D eigenvalue weighted by molar-refractivity contribution is 9.10. The highest BCUT2D eigenvalue weighted by Gasteiger charge is 2.21. The van der Waals surface area contributed by atoms with Crippen molar-refractivity contribution in [2.24, 2.45) is 0 Å². The van der Waals surface area contributed by atoms with Gasteiger partial charge in [0.15, 0.2) is 0 Å². The zero-order valence-corrected chi connectivity index (χ0v) is 16.2. The molecule has 8 heteroatoms. The second kappa shape index (κ2) is 7.65. The molecule has 0 aromatic heterocycles. The van der Waals surface area contributed by atoms with Crippen LogP contribution in [0.5, 0.6) is 0 Å². The summed E-state index contributed by atoms with van der Waals surface area (Å²) in [5.74, 6) is -0.641. The molecule has 0 spiro atoms. The van der Waals surface area contributed by atoms with Crippen molar-refractivity contribution in [1.29, 1.82) is 0 Å². The summed E-state index contributed by atoms with van der Waals surface area (Å²) in [6.45, 7) is -0.00436. The van der Waals surface area contributed by atoms with Crippen LogP contribution in [0.2, 0.25) is 5.02 Å². The number of ether oxygens (including phenoxy) is 1. The smallest absolute Gasteiger partial charge is 0.339 e. The molecule has 0 aliphatic carbocycles. The van der Waals surface area contributed by atoms with Gasteiger partial charge in [0.2, 0.25) is 10.0 Å². The maximum Gasteiger partial charge on any atom is 0.339 e. The van der Waals surface area contributed by atoms with Crippen molar-refractivity contribution in [2.45, 2.75) is 11.5 Å². The summed E-state index contributed by atoms with van der Waals surface area (Å²) in [7, 11) is -0.793. The molecule has 0 aliphatic rings. The van der Waals surface area contributed by atoms with Gasteiger partial charge in [-0.1, -0.05) is 29.8 Å². The van der Waals surface area contributed by atoms with Crippen LogP contribution in [0.4, 0.5) is 0 Å². The quantitative estimate of drug-likeness (QED) is 0.676. The van der Waals surface area contributed by atoms with Crippen LogP contribution in [0, 0.1) is 0 Å². The molecule has 0 saturated heterocycles.